The molecule has 2 aromatic rings. The van der Waals surface area contributed by atoms with Gasteiger partial charge in [-0.1, -0.05) is 106 Å². The Kier molecular flexibility index (Phi) is 40.9. The second kappa shape index (κ2) is 47.9. The lowest BCUT2D eigenvalue weighted by molar-refractivity contribution is -0.120. The van der Waals surface area contributed by atoms with E-state index in [-0.39, 0.29) is 37.1 Å². The summed E-state index contributed by atoms with van der Waals surface area (Å²) in [5.41, 5.74) is 3.57. The smallest absolute Gasteiger partial charge is 0.410 e. The minimum atomic E-state index is -0.496. The van der Waals surface area contributed by atoms with Crippen LogP contribution >= 0.6 is 0 Å². The number of hydrazone groups is 2. The van der Waals surface area contributed by atoms with Crippen LogP contribution in [0.2, 0.25) is 0 Å². The van der Waals surface area contributed by atoms with E-state index in [9.17, 15) is 24.3 Å². The molecule has 2 aliphatic heterocycles. The van der Waals surface area contributed by atoms with Crippen LogP contribution in [0.4, 0.5) is 14.4 Å². The zero-order valence-corrected chi connectivity index (χ0v) is 64.9. The van der Waals surface area contributed by atoms with Gasteiger partial charge in [-0.2, -0.15) is 10.2 Å². The van der Waals surface area contributed by atoms with Crippen molar-refractivity contribution in [3.05, 3.63) is 71.8 Å². The van der Waals surface area contributed by atoms with Gasteiger partial charge in [-0.05, 0) is 239 Å². The number of ketones is 1. The Morgan fingerprint density at radius 2 is 1.01 bits per heavy atom. The molecule has 2 aromatic carbocycles. The van der Waals surface area contributed by atoms with Crippen molar-refractivity contribution in [2.75, 3.05) is 73.4 Å². The lowest BCUT2D eigenvalue weighted by Crippen LogP contribution is -2.37. The number of amides is 3. The van der Waals surface area contributed by atoms with Gasteiger partial charge in [-0.3, -0.25) is 14.8 Å². The first-order valence-electron chi connectivity index (χ1n) is 39.5. The van der Waals surface area contributed by atoms with E-state index in [1.165, 1.54) is 121 Å². The summed E-state index contributed by atoms with van der Waals surface area (Å²) in [7, 11) is 3.56. The van der Waals surface area contributed by atoms with Crippen molar-refractivity contribution in [2.24, 2.45) is 28.0 Å². The first-order chi connectivity index (χ1) is 48.4. The second-order valence-electron chi connectivity index (χ2n) is 32.1. The van der Waals surface area contributed by atoms with Gasteiger partial charge in [0.2, 0.25) is 0 Å². The average Bonchev–Trinajstić information content (AvgIpc) is 1.74. The number of methoxy groups -OCH3 is 2. The second-order valence-corrected chi connectivity index (χ2v) is 32.1. The summed E-state index contributed by atoms with van der Waals surface area (Å²) in [4.78, 5) is 51.1. The van der Waals surface area contributed by atoms with E-state index < -0.39 is 16.8 Å². The molecule has 2 saturated heterocycles. The summed E-state index contributed by atoms with van der Waals surface area (Å²) in [6, 6.07) is 21.1. The van der Waals surface area contributed by atoms with E-state index in [1.54, 1.807) is 19.1 Å². The molecule has 0 bridgehead atoms. The number of nitrogens with one attached hydrogen (secondary N) is 1. The van der Waals surface area contributed by atoms with Gasteiger partial charge in [0, 0.05) is 84.3 Å². The van der Waals surface area contributed by atoms with Gasteiger partial charge in [0.15, 0.2) is 0 Å². The first kappa shape index (κ1) is 86.3. The van der Waals surface area contributed by atoms with E-state index in [1.807, 2.05) is 116 Å². The Labute approximate surface area is 610 Å². The zero-order chi connectivity index (χ0) is 73.3. The molecule has 19 nitrogen and oxygen atoms in total. The largest absolute Gasteiger partial charge is 0.444 e. The molecule has 19 heteroatoms. The maximum atomic E-state index is 12.9. The van der Waals surface area contributed by atoms with E-state index in [0.29, 0.717) is 75.0 Å². The van der Waals surface area contributed by atoms with Gasteiger partial charge in [-0.15, -0.1) is 0 Å². The number of rotatable bonds is 25. The number of Topliss-reactive ketones (excluding diaryl/α,β-unsaturated/α-hetero) is 1. The molecule has 7 aliphatic rings. The highest BCUT2D eigenvalue weighted by molar-refractivity contribution is 5.87. The summed E-state index contributed by atoms with van der Waals surface area (Å²) in [5, 5.41) is 36.3. The van der Waals surface area contributed by atoms with Gasteiger partial charge < -0.3 is 53.8 Å². The molecular weight excluding hydrogens is 1270 g/mol. The highest BCUT2D eigenvalue weighted by atomic mass is 16.6. The number of ether oxygens (including phenoxy) is 6. The third kappa shape index (κ3) is 37.3. The molecule has 2 heterocycles. The number of nitrogens with zero attached hydrogens (tertiary/aromatic N) is 6. The van der Waals surface area contributed by atoms with Crippen LogP contribution in [0.3, 0.4) is 0 Å². The molecule has 0 aromatic heterocycles. The SMILES string of the molecule is CC(C)(C)OC(=O)N(CCC[C@H]1CCCC[C@H]1O)Cc1ccccc1.CC(C)(C)OC(=O)NCCC[C@H]1CCCC[C@H]1OCCO.COC[C@H]1CCCN1/N=C1\CCCC[C@@H]1CCCN(Cc1ccccc1)C(=O)OC(C)(C)C.COC[C@H]1CCCN1N=C1CCCCC1.O=C1CCCCC1. The molecule has 5 saturated carbocycles. The van der Waals surface area contributed by atoms with Crippen molar-refractivity contribution in [3.8, 4) is 0 Å². The van der Waals surface area contributed by atoms with Gasteiger partial charge in [0.1, 0.15) is 22.6 Å². The third-order valence-corrected chi connectivity index (χ3v) is 19.8. The number of benzene rings is 2. The maximum absolute atomic E-state index is 12.9. The molecule has 3 N–H and O–H groups in total. The van der Waals surface area contributed by atoms with E-state index in [4.69, 9.17) is 43.7 Å². The topological polar surface area (TPSA) is 214 Å². The lowest BCUT2D eigenvalue weighted by Gasteiger charge is -2.31. The number of aliphatic hydroxyl groups excluding tert-OH is 2. The van der Waals surface area contributed by atoms with Crippen LogP contribution in [-0.2, 0) is 46.3 Å². The van der Waals surface area contributed by atoms with Crippen molar-refractivity contribution in [3.63, 3.8) is 0 Å². The highest BCUT2D eigenvalue weighted by Gasteiger charge is 2.31. The summed E-state index contributed by atoms with van der Waals surface area (Å²) in [6.45, 7) is 24.4. The highest BCUT2D eigenvalue weighted by Crippen LogP contribution is 2.33. The number of alkyl carbamates (subject to hydrolysis) is 1. The number of aliphatic hydroxyl groups is 2. The Hall–Kier alpha value is -5.34. The van der Waals surface area contributed by atoms with Crippen LogP contribution in [0.15, 0.2) is 70.9 Å². The Bertz CT molecular complexity index is 2630. The van der Waals surface area contributed by atoms with Gasteiger partial charge in [-0.25, -0.2) is 14.4 Å². The van der Waals surface area contributed by atoms with Gasteiger partial charge >= 0.3 is 18.3 Å². The third-order valence-electron chi connectivity index (χ3n) is 19.8. The minimum absolute atomic E-state index is 0.0867. The van der Waals surface area contributed by atoms with Crippen molar-refractivity contribution < 1.29 is 57.8 Å². The molecular formula is C82H139N7O12. The van der Waals surface area contributed by atoms with Crippen LogP contribution in [0, 0.1) is 17.8 Å². The lowest BCUT2D eigenvalue weighted by atomic mass is 9.83. The zero-order valence-electron chi connectivity index (χ0n) is 64.9. The van der Waals surface area contributed by atoms with E-state index in [0.717, 1.165) is 134 Å². The van der Waals surface area contributed by atoms with Crippen LogP contribution in [0.5, 0.6) is 0 Å². The fourth-order valence-electron chi connectivity index (χ4n) is 14.6. The van der Waals surface area contributed by atoms with Crippen molar-refractivity contribution in [2.45, 2.75) is 322 Å². The summed E-state index contributed by atoms with van der Waals surface area (Å²) < 4.78 is 32.8. The standard InChI is InChI=1S/C27H43N3O3.C21H33NO3.C16H31NO4.C12H22N2O.C6H10O/c1-27(2,3)33-26(31)29(20-22-12-6-5-7-13-22)18-10-15-23-14-8-9-17-25(23)28-30-19-11-16-24(30)21-32-4;1-21(2,3)25-20(24)22(16-17-10-5-4-6-11-17)15-9-13-18-12-7-8-14-19(18)23;1-16(2,3)21-15(19)17-10-6-8-13-7-4-5-9-14(13)20-12-11-18;1-15-10-12-8-5-9-14(12)13-11-6-3-2-4-7-11;7-6-4-2-1-3-5-6/h5-7,12-13,23-24H,8-11,14-21H2,1-4H3;4-6,10-11,18-19,23H,7-9,12-16H2,1-3H3;13-14,18H,4-12H2,1-3H3,(H,17,19);12H,2-10H2,1H3;1-5H2/b28-25+;;;;/t23-,24-;18-,19-;13-,14-;12-;/m1111./s1. The van der Waals surface area contributed by atoms with Crippen molar-refractivity contribution in [1.82, 2.24) is 25.1 Å². The molecule has 7 atom stereocenters. The predicted molar refractivity (Wildman–Crippen MR) is 406 cm³/mol. The normalized spacial score (nSPS) is 22.9. The number of hydrogen-bond donors (Lipinski definition) is 3. The number of carbonyl (C=O) groups is 4. The molecule has 0 spiro atoms. The van der Waals surface area contributed by atoms with E-state index in [2.05, 4.69) is 27.5 Å². The molecule has 3 amide bonds. The predicted octanol–water partition coefficient (Wildman–Crippen LogP) is 17.4. The van der Waals surface area contributed by atoms with Crippen LogP contribution < -0.4 is 5.32 Å². The maximum Gasteiger partial charge on any atom is 0.410 e. The minimum Gasteiger partial charge on any atom is -0.444 e. The van der Waals surface area contributed by atoms with Crippen LogP contribution in [0.1, 0.15) is 279 Å². The fourth-order valence-corrected chi connectivity index (χ4v) is 14.6. The van der Waals surface area contributed by atoms with Crippen LogP contribution in [-0.4, -0.2) is 180 Å². The average molecular weight is 1420 g/mol. The first-order valence-corrected chi connectivity index (χ1v) is 39.5. The Morgan fingerprint density at radius 1 is 0.535 bits per heavy atom. The Morgan fingerprint density at radius 3 is 1.51 bits per heavy atom. The molecule has 5 aliphatic carbocycles. The Balaban J connectivity index is 0.000000241. The fraction of sp³-hybridized carbons (Fsp3) is 0.780. The number of carbonyl (C=O) groups excluding carboxylic acids is 4. The summed E-state index contributed by atoms with van der Waals surface area (Å²) in [5.74, 6) is 1.91. The van der Waals surface area contributed by atoms with Crippen molar-refractivity contribution in [1.29, 1.82) is 0 Å². The summed E-state index contributed by atoms with van der Waals surface area (Å²) in [6.07, 6.45) is 35.6. The van der Waals surface area contributed by atoms with Crippen molar-refractivity contribution >= 4 is 35.5 Å². The quantitative estimate of drug-likeness (QED) is 0.0623. The number of hydrogen-bond acceptors (Lipinski definition) is 16. The van der Waals surface area contributed by atoms with E-state index >= 15 is 0 Å². The molecule has 9 rings (SSSR count). The monoisotopic (exact) mass is 1410 g/mol. The molecule has 7 fully saturated rings. The molecule has 101 heavy (non-hydrogen) atoms. The van der Waals surface area contributed by atoms with Gasteiger partial charge in [0.05, 0.1) is 50.7 Å². The summed E-state index contributed by atoms with van der Waals surface area (Å²) >= 11 is 0. The molecule has 0 radical (unpaired) electrons. The van der Waals surface area contributed by atoms with Crippen LogP contribution in [0.25, 0.3) is 0 Å². The molecule has 0 unspecified atom stereocenters. The van der Waals surface area contributed by atoms with Gasteiger partial charge in [0.25, 0.3) is 0 Å². The molecule has 574 valence electrons.